The van der Waals surface area contributed by atoms with Gasteiger partial charge in [0.1, 0.15) is 0 Å². The normalized spacial score (nSPS) is 17.3. The van der Waals surface area contributed by atoms with Crippen LogP contribution in [-0.4, -0.2) is 19.2 Å². The molecule has 1 aliphatic rings. The fraction of sp³-hybridized carbons (Fsp3) is 0.308. The third kappa shape index (κ3) is 2.59. The van der Waals surface area contributed by atoms with Crippen LogP contribution in [0.25, 0.3) is 5.70 Å². The highest BCUT2D eigenvalue weighted by atomic mass is 35.5. The van der Waals surface area contributed by atoms with Crippen LogP contribution < -0.4 is 10.6 Å². The Bertz CT molecular complexity index is 500. The molecule has 5 heteroatoms. The minimum atomic E-state index is -0.482. The van der Waals surface area contributed by atoms with E-state index in [-0.39, 0.29) is 6.04 Å². The Morgan fingerprint density at radius 2 is 2.33 bits per heavy atom. The smallest absolute Gasteiger partial charge is 0.411 e. The molecule has 0 radical (unpaired) electrons. The number of carbonyl (C=O) groups excluding carboxylic acids is 1. The van der Waals surface area contributed by atoms with Crippen molar-refractivity contribution in [2.75, 3.05) is 12.4 Å². The van der Waals surface area contributed by atoms with Gasteiger partial charge in [0.15, 0.2) is 0 Å². The second-order valence-electron chi connectivity index (χ2n) is 4.05. The van der Waals surface area contributed by atoms with Crippen LogP contribution in [0.4, 0.5) is 10.5 Å². The van der Waals surface area contributed by atoms with Crippen molar-refractivity contribution < 1.29 is 9.53 Å². The lowest BCUT2D eigenvalue weighted by atomic mass is 10.0. The number of hydrogen-bond acceptors (Lipinski definition) is 3. The van der Waals surface area contributed by atoms with Gasteiger partial charge in [-0.1, -0.05) is 18.5 Å². The predicted octanol–water partition coefficient (Wildman–Crippen LogP) is 3.24. The molecule has 1 aromatic carbocycles. The van der Waals surface area contributed by atoms with Crippen molar-refractivity contribution >= 4 is 29.1 Å². The molecule has 2 rings (SSSR count). The highest BCUT2D eigenvalue weighted by Crippen LogP contribution is 2.31. The van der Waals surface area contributed by atoms with Gasteiger partial charge >= 0.3 is 6.09 Å². The molecule has 1 aromatic rings. The van der Waals surface area contributed by atoms with Crippen LogP contribution in [0, 0.1) is 0 Å². The molecule has 0 spiro atoms. The maximum atomic E-state index is 11.3. The quantitative estimate of drug-likeness (QED) is 0.864. The summed E-state index contributed by atoms with van der Waals surface area (Å²) in [5.41, 5.74) is 2.56. The second kappa shape index (κ2) is 5.31. The summed E-state index contributed by atoms with van der Waals surface area (Å²) in [5.74, 6) is 0. The molecule has 96 valence electrons. The number of halogens is 1. The number of benzene rings is 1. The Kier molecular flexibility index (Phi) is 3.77. The molecule has 0 fully saturated rings. The van der Waals surface area contributed by atoms with E-state index < -0.39 is 6.09 Å². The average molecular weight is 267 g/mol. The lowest BCUT2D eigenvalue weighted by Crippen LogP contribution is -2.28. The molecule has 2 N–H and O–H groups in total. The standard InChI is InChI=1S/C13H15ClN2O2/c1-3-9-7-12(16-13(17)18-2)10-6-8(14)4-5-11(10)15-9/h4-7,9,15H,3H2,1-2H3,(H,16,17)/t9-/m0/s1. The monoisotopic (exact) mass is 266 g/mol. The second-order valence-corrected chi connectivity index (χ2v) is 4.48. The van der Waals surface area contributed by atoms with E-state index in [0.29, 0.717) is 5.02 Å². The number of carbonyl (C=O) groups is 1. The van der Waals surface area contributed by atoms with Gasteiger partial charge in [-0.25, -0.2) is 4.79 Å². The van der Waals surface area contributed by atoms with Crippen LogP contribution >= 0.6 is 11.6 Å². The number of rotatable bonds is 2. The maximum Gasteiger partial charge on any atom is 0.411 e. The number of hydrogen-bond donors (Lipinski definition) is 2. The Morgan fingerprint density at radius 3 is 3.00 bits per heavy atom. The lowest BCUT2D eigenvalue weighted by Gasteiger charge is -2.25. The first kappa shape index (κ1) is 12.8. The summed E-state index contributed by atoms with van der Waals surface area (Å²) in [6.07, 6.45) is 2.41. The van der Waals surface area contributed by atoms with Crippen molar-refractivity contribution in [3.05, 3.63) is 34.9 Å². The van der Waals surface area contributed by atoms with Gasteiger partial charge in [0.05, 0.1) is 12.8 Å². The fourth-order valence-electron chi connectivity index (χ4n) is 1.89. The van der Waals surface area contributed by atoms with E-state index in [1.807, 2.05) is 24.3 Å². The van der Waals surface area contributed by atoms with Gasteiger partial charge < -0.3 is 10.1 Å². The van der Waals surface area contributed by atoms with Gasteiger partial charge in [0, 0.05) is 22.3 Å². The number of ether oxygens (including phenoxy) is 1. The highest BCUT2D eigenvalue weighted by molar-refractivity contribution is 6.30. The van der Waals surface area contributed by atoms with Crippen molar-refractivity contribution in [2.24, 2.45) is 0 Å². The molecule has 1 aliphatic heterocycles. The summed E-state index contributed by atoms with van der Waals surface area (Å²) >= 11 is 5.98. The van der Waals surface area contributed by atoms with Gasteiger partial charge in [0.2, 0.25) is 0 Å². The number of fused-ring (bicyclic) bond motifs is 1. The molecule has 18 heavy (non-hydrogen) atoms. The molecular formula is C13H15ClN2O2. The summed E-state index contributed by atoms with van der Waals surface area (Å²) in [4.78, 5) is 11.3. The van der Waals surface area contributed by atoms with Crippen LogP contribution in [0.3, 0.4) is 0 Å². The molecule has 1 heterocycles. The van der Waals surface area contributed by atoms with E-state index >= 15 is 0 Å². The molecular weight excluding hydrogens is 252 g/mol. The Morgan fingerprint density at radius 1 is 1.56 bits per heavy atom. The zero-order valence-electron chi connectivity index (χ0n) is 10.3. The van der Waals surface area contributed by atoms with Crippen molar-refractivity contribution in [2.45, 2.75) is 19.4 Å². The zero-order valence-corrected chi connectivity index (χ0v) is 11.0. The van der Waals surface area contributed by atoms with Crippen molar-refractivity contribution in [3.63, 3.8) is 0 Å². The van der Waals surface area contributed by atoms with Crippen LogP contribution in [0.1, 0.15) is 18.9 Å². The Balaban J connectivity index is 2.37. The van der Waals surface area contributed by atoms with Crippen LogP contribution in [-0.2, 0) is 4.74 Å². The molecule has 1 atom stereocenters. The number of amides is 1. The largest absolute Gasteiger partial charge is 0.453 e. The SMILES string of the molecule is CC[C@H]1C=C(NC(=O)OC)c2cc(Cl)ccc2N1. The predicted molar refractivity (Wildman–Crippen MR) is 72.7 cm³/mol. The molecule has 0 aromatic heterocycles. The Hall–Kier alpha value is -1.68. The zero-order chi connectivity index (χ0) is 13.1. The molecule has 0 saturated heterocycles. The maximum absolute atomic E-state index is 11.3. The van der Waals surface area contributed by atoms with Crippen LogP contribution in [0.5, 0.6) is 0 Å². The topological polar surface area (TPSA) is 50.4 Å². The third-order valence-electron chi connectivity index (χ3n) is 2.84. The van der Waals surface area contributed by atoms with Gasteiger partial charge in [-0.05, 0) is 30.7 Å². The van der Waals surface area contributed by atoms with Crippen LogP contribution in [0.15, 0.2) is 24.3 Å². The van der Waals surface area contributed by atoms with E-state index in [2.05, 4.69) is 22.3 Å². The molecule has 0 bridgehead atoms. The first-order valence-electron chi connectivity index (χ1n) is 5.77. The van der Waals surface area contributed by atoms with Gasteiger partial charge in [-0.2, -0.15) is 0 Å². The van der Waals surface area contributed by atoms with Gasteiger partial charge in [-0.15, -0.1) is 0 Å². The highest BCUT2D eigenvalue weighted by Gasteiger charge is 2.19. The average Bonchev–Trinajstić information content (AvgIpc) is 2.38. The summed E-state index contributed by atoms with van der Waals surface area (Å²) in [6, 6.07) is 5.73. The number of methoxy groups -OCH3 is 1. The molecule has 0 saturated carbocycles. The van der Waals surface area contributed by atoms with E-state index in [1.165, 1.54) is 7.11 Å². The van der Waals surface area contributed by atoms with E-state index in [1.54, 1.807) is 0 Å². The van der Waals surface area contributed by atoms with Gasteiger partial charge in [0.25, 0.3) is 0 Å². The Labute approximate surface area is 111 Å². The summed E-state index contributed by atoms with van der Waals surface area (Å²) in [6.45, 7) is 2.07. The molecule has 0 unspecified atom stereocenters. The molecule has 1 amide bonds. The first-order chi connectivity index (χ1) is 8.63. The van der Waals surface area contributed by atoms with Gasteiger partial charge in [-0.3, -0.25) is 5.32 Å². The fourth-order valence-corrected chi connectivity index (χ4v) is 2.06. The lowest BCUT2D eigenvalue weighted by molar-refractivity contribution is 0.176. The van der Waals surface area contributed by atoms with E-state index in [9.17, 15) is 4.79 Å². The summed E-state index contributed by atoms with van der Waals surface area (Å²) in [5, 5.41) is 6.71. The summed E-state index contributed by atoms with van der Waals surface area (Å²) in [7, 11) is 1.34. The number of nitrogens with one attached hydrogen (secondary N) is 2. The minimum Gasteiger partial charge on any atom is -0.453 e. The molecule has 4 nitrogen and oxygen atoms in total. The van der Waals surface area contributed by atoms with Crippen LogP contribution in [0.2, 0.25) is 5.02 Å². The van der Waals surface area contributed by atoms with Crippen molar-refractivity contribution in [1.29, 1.82) is 0 Å². The van der Waals surface area contributed by atoms with E-state index in [0.717, 1.165) is 23.4 Å². The first-order valence-corrected chi connectivity index (χ1v) is 6.15. The van der Waals surface area contributed by atoms with Crippen molar-refractivity contribution in [3.8, 4) is 0 Å². The van der Waals surface area contributed by atoms with E-state index in [4.69, 9.17) is 11.6 Å². The number of anilines is 1. The number of alkyl carbamates (subject to hydrolysis) is 1. The summed E-state index contributed by atoms with van der Waals surface area (Å²) < 4.78 is 4.62. The molecule has 0 aliphatic carbocycles. The van der Waals surface area contributed by atoms with Crippen molar-refractivity contribution in [1.82, 2.24) is 5.32 Å². The minimum absolute atomic E-state index is 0.186. The third-order valence-corrected chi connectivity index (χ3v) is 3.08.